The summed E-state index contributed by atoms with van der Waals surface area (Å²) >= 11 is 6.55. The molecule has 1 N–H and O–H groups in total. The van der Waals surface area contributed by atoms with Gasteiger partial charge in [0.1, 0.15) is 5.65 Å². The van der Waals surface area contributed by atoms with Crippen molar-refractivity contribution in [3.05, 3.63) is 75.7 Å². The Morgan fingerprint density at radius 3 is 2.81 bits per heavy atom. The molecule has 0 radical (unpaired) electrons. The van der Waals surface area contributed by atoms with Gasteiger partial charge >= 0.3 is 0 Å². The summed E-state index contributed by atoms with van der Waals surface area (Å²) in [6.45, 7) is 7.22. The lowest BCUT2D eigenvalue weighted by atomic mass is 9.95. The first-order valence-electron chi connectivity index (χ1n) is 11.7. The third-order valence-electron chi connectivity index (χ3n) is 6.10. The standard InChI is InChI=1S/C26H27ClN4/c1-15(2)18-6-5-16(3)24(12-18)31-10-8-22-20(14-31)17(4)11-23(30-22)25-19-7-9-28-26(19)29-13-21(25)27/h5-7,9,11-13,15H,8,10,14H2,1-4H3,(H,28,29)/i14D2. The van der Waals surface area contributed by atoms with Crippen molar-refractivity contribution in [1.29, 1.82) is 0 Å². The number of hydrogen-bond donors (Lipinski definition) is 1. The number of aromatic nitrogens is 3. The molecule has 4 nitrogen and oxygen atoms in total. The maximum Gasteiger partial charge on any atom is 0.138 e. The van der Waals surface area contributed by atoms with Gasteiger partial charge in [0.05, 0.1) is 13.5 Å². The molecule has 1 aromatic carbocycles. The molecule has 5 heteroatoms. The number of H-pyrrole nitrogens is 1. The molecule has 4 aromatic rings. The average molecular weight is 433 g/mol. The van der Waals surface area contributed by atoms with Crippen LogP contribution in [0.4, 0.5) is 5.69 Å². The van der Waals surface area contributed by atoms with Gasteiger partial charge in [0.2, 0.25) is 0 Å². The SMILES string of the molecule is [2H]C1([2H])c2c(C)cc(-c3c(Cl)cnc4[nH]ccc34)nc2CCN1c1cc(C(C)C)ccc1C. The fourth-order valence-corrected chi connectivity index (χ4v) is 4.56. The molecule has 31 heavy (non-hydrogen) atoms. The average Bonchev–Trinajstić information content (AvgIpc) is 3.22. The molecular formula is C26H27ClN4. The fourth-order valence-electron chi connectivity index (χ4n) is 4.31. The molecule has 0 unspecified atom stereocenters. The van der Waals surface area contributed by atoms with Crippen LogP contribution < -0.4 is 4.90 Å². The van der Waals surface area contributed by atoms with Gasteiger partial charge in [-0.25, -0.2) is 4.98 Å². The van der Waals surface area contributed by atoms with Crippen molar-refractivity contribution in [2.75, 3.05) is 11.4 Å². The Morgan fingerprint density at radius 2 is 2.00 bits per heavy atom. The topological polar surface area (TPSA) is 44.8 Å². The van der Waals surface area contributed by atoms with E-state index in [1.807, 2.05) is 37.1 Å². The highest BCUT2D eigenvalue weighted by Gasteiger charge is 2.23. The van der Waals surface area contributed by atoms with E-state index >= 15 is 0 Å². The van der Waals surface area contributed by atoms with E-state index in [4.69, 9.17) is 19.3 Å². The number of aromatic amines is 1. The lowest BCUT2D eigenvalue weighted by Crippen LogP contribution is -2.32. The molecular weight excluding hydrogens is 404 g/mol. The molecule has 0 atom stereocenters. The molecule has 4 heterocycles. The van der Waals surface area contributed by atoms with Crippen molar-refractivity contribution >= 4 is 28.3 Å². The molecule has 5 rings (SSSR count). The number of nitrogens with one attached hydrogen (secondary N) is 1. The van der Waals surface area contributed by atoms with Gasteiger partial charge in [-0.05, 0) is 60.2 Å². The van der Waals surface area contributed by atoms with E-state index in [0.29, 0.717) is 29.5 Å². The zero-order valence-corrected chi connectivity index (χ0v) is 19.0. The zero-order chi connectivity index (χ0) is 23.5. The van der Waals surface area contributed by atoms with Gasteiger partial charge in [0.25, 0.3) is 0 Å². The summed E-state index contributed by atoms with van der Waals surface area (Å²) in [6, 6.07) is 10.3. The van der Waals surface area contributed by atoms with Crippen molar-refractivity contribution in [2.24, 2.45) is 0 Å². The van der Waals surface area contributed by atoms with E-state index in [0.717, 1.165) is 44.8 Å². The number of aryl methyl sites for hydroxylation is 2. The highest BCUT2D eigenvalue weighted by molar-refractivity contribution is 6.34. The first-order chi connectivity index (χ1) is 15.7. The largest absolute Gasteiger partial charge is 0.367 e. The van der Waals surface area contributed by atoms with Crippen LogP contribution in [0.2, 0.25) is 5.02 Å². The third kappa shape index (κ3) is 3.49. The summed E-state index contributed by atoms with van der Waals surface area (Å²) in [7, 11) is 0. The minimum Gasteiger partial charge on any atom is -0.367 e. The van der Waals surface area contributed by atoms with Gasteiger partial charge in [0, 0.05) is 54.2 Å². The van der Waals surface area contributed by atoms with Gasteiger partial charge in [-0.3, -0.25) is 4.98 Å². The van der Waals surface area contributed by atoms with Crippen molar-refractivity contribution in [1.82, 2.24) is 15.0 Å². The predicted octanol–water partition coefficient (Wildman–Crippen LogP) is 6.58. The molecule has 1 aliphatic heterocycles. The minimum absolute atomic E-state index is 0.383. The maximum atomic E-state index is 9.15. The smallest absolute Gasteiger partial charge is 0.138 e. The number of nitrogens with zero attached hydrogens (tertiary/aromatic N) is 3. The minimum atomic E-state index is -1.67. The first kappa shape index (κ1) is 17.8. The molecule has 0 saturated heterocycles. The van der Waals surface area contributed by atoms with E-state index < -0.39 is 6.50 Å². The van der Waals surface area contributed by atoms with Crippen LogP contribution in [0.5, 0.6) is 0 Å². The monoisotopic (exact) mass is 432 g/mol. The molecule has 0 saturated carbocycles. The lowest BCUT2D eigenvalue weighted by molar-refractivity contribution is 0.705. The Kier molecular flexibility index (Phi) is 4.41. The van der Waals surface area contributed by atoms with Gasteiger partial charge in [-0.15, -0.1) is 0 Å². The van der Waals surface area contributed by atoms with Crippen LogP contribution in [0.3, 0.4) is 0 Å². The van der Waals surface area contributed by atoms with Crippen LogP contribution in [0.15, 0.2) is 42.7 Å². The number of rotatable bonds is 3. The number of pyridine rings is 2. The highest BCUT2D eigenvalue weighted by atomic mass is 35.5. The number of halogens is 1. The van der Waals surface area contributed by atoms with Gasteiger partial charge < -0.3 is 9.88 Å². The van der Waals surface area contributed by atoms with E-state index in [-0.39, 0.29) is 0 Å². The van der Waals surface area contributed by atoms with E-state index in [9.17, 15) is 0 Å². The summed E-state index contributed by atoms with van der Waals surface area (Å²) in [5.74, 6) is 0.383. The Morgan fingerprint density at radius 1 is 1.16 bits per heavy atom. The van der Waals surface area contributed by atoms with Crippen LogP contribution >= 0.6 is 11.6 Å². The van der Waals surface area contributed by atoms with Crippen molar-refractivity contribution in [3.63, 3.8) is 0 Å². The normalized spacial score (nSPS) is 16.4. The summed E-state index contributed by atoms with van der Waals surface area (Å²) < 4.78 is 18.3. The zero-order valence-electron chi connectivity index (χ0n) is 20.3. The van der Waals surface area contributed by atoms with Gasteiger partial charge in [0.15, 0.2) is 0 Å². The predicted molar refractivity (Wildman–Crippen MR) is 129 cm³/mol. The third-order valence-corrected chi connectivity index (χ3v) is 6.38. The van der Waals surface area contributed by atoms with Gasteiger partial charge in [-0.1, -0.05) is 37.6 Å². The molecule has 158 valence electrons. The van der Waals surface area contributed by atoms with E-state index in [1.54, 1.807) is 6.20 Å². The van der Waals surface area contributed by atoms with Gasteiger partial charge in [-0.2, -0.15) is 0 Å². The first-order valence-corrected chi connectivity index (χ1v) is 11.1. The summed E-state index contributed by atoms with van der Waals surface area (Å²) in [4.78, 5) is 14.3. The second-order valence-corrected chi connectivity index (χ2v) is 8.99. The Hall–Kier alpha value is -2.85. The number of anilines is 1. The Balaban J connectivity index is 1.63. The fraction of sp³-hybridized carbons (Fsp3) is 0.308. The molecule has 0 aliphatic carbocycles. The number of hydrogen-bond acceptors (Lipinski definition) is 3. The summed E-state index contributed by atoms with van der Waals surface area (Å²) in [6.07, 6.45) is 4.14. The maximum absolute atomic E-state index is 9.15. The molecule has 0 bridgehead atoms. The second kappa shape index (κ2) is 7.69. The van der Waals surface area contributed by atoms with Crippen LogP contribution in [-0.2, 0) is 12.9 Å². The van der Waals surface area contributed by atoms with Crippen molar-refractivity contribution in [3.8, 4) is 11.3 Å². The summed E-state index contributed by atoms with van der Waals surface area (Å²) in [5, 5.41) is 1.45. The quantitative estimate of drug-likeness (QED) is 0.397. The molecule has 0 fully saturated rings. The number of fused-ring (bicyclic) bond motifs is 2. The van der Waals surface area contributed by atoms with Crippen molar-refractivity contribution in [2.45, 2.75) is 46.5 Å². The molecule has 0 amide bonds. The second-order valence-electron chi connectivity index (χ2n) is 8.58. The van der Waals surface area contributed by atoms with Crippen LogP contribution in [0, 0.1) is 13.8 Å². The Labute approximate surface area is 191 Å². The summed E-state index contributed by atoms with van der Waals surface area (Å²) in [5.41, 5.74) is 7.90. The molecule has 0 spiro atoms. The molecule has 3 aromatic heterocycles. The van der Waals surface area contributed by atoms with E-state index in [2.05, 4.69) is 42.0 Å². The van der Waals surface area contributed by atoms with Crippen LogP contribution in [-0.4, -0.2) is 21.5 Å². The number of benzene rings is 1. The van der Waals surface area contributed by atoms with Crippen LogP contribution in [0.25, 0.3) is 22.3 Å². The Bertz CT molecular complexity index is 1380. The van der Waals surface area contributed by atoms with E-state index in [1.165, 1.54) is 5.56 Å². The highest BCUT2D eigenvalue weighted by Crippen LogP contribution is 2.36. The molecule has 1 aliphatic rings. The van der Waals surface area contributed by atoms with Crippen molar-refractivity contribution < 1.29 is 2.74 Å². The van der Waals surface area contributed by atoms with Crippen LogP contribution in [0.1, 0.15) is 50.5 Å². The lowest BCUT2D eigenvalue weighted by Gasteiger charge is -2.33.